The Hall–Kier alpha value is -3.97. The smallest absolute Gasteiger partial charge is 0.494 e. The number of hydrogen-bond donors (Lipinski definition) is 3. The number of nitrogens with one attached hydrogen (secondary N) is 2. The minimum Gasteiger partial charge on any atom is -0.494 e. The van der Waals surface area contributed by atoms with E-state index in [9.17, 15) is 27.6 Å². The Morgan fingerprint density at radius 2 is 1.67 bits per heavy atom. The van der Waals surface area contributed by atoms with E-state index in [-0.39, 0.29) is 36.2 Å². The SMILES string of the molecule is CC(=O)NCCCCCOc1ccc(CNC(=O)c2cn(Cc3ccc(OC(F)(F)F)cc3)c(=O)c3c2SC[C@@H]3N)cc1. The van der Waals surface area contributed by atoms with Gasteiger partial charge in [0.1, 0.15) is 11.5 Å². The molecular weight excluding hydrogens is 585 g/mol. The fourth-order valence-electron chi connectivity index (χ4n) is 4.52. The van der Waals surface area contributed by atoms with Crippen LogP contribution in [0.25, 0.3) is 0 Å². The van der Waals surface area contributed by atoms with Crippen LogP contribution in [-0.2, 0) is 17.9 Å². The molecule has 4 N–H and O–H groups in total. The number of fused-ring (bicyclic) bond motifs is 1. The zero-order valence-corrected chi connectivity index (χ0v) is 24.4. The molecule has 2 aromatic carbocycles. The topological polar surface area (TPSA) is 125 Å². The number of nitrogens with two attached hydrogens (primary N) is 1. The van der Waals surface area contributed by atoms with E-state index in [1.165, 1.54) is 53.7 Å². The fraction of sp³-hybridized carbons (Fsp3) is 0.367. The average Bonchev–Trinajstić information content (AvgIpc) is 3.35. The summed E-state index contributed by atoms with van der Waals surface area (Å²) in [7, 11) is 0. The number of hydrogen-bond acceptors (Lipinski definition) is 7. The maximum absolute atomic E-state index is 13.3. The quantitative estimate of drug-likeness (QED) is 0.241. The van der Waals surface area contributed by atoms with Gasteiger partial charge in [0.15, 0.2) is 0 Å². The molecule has 4 rings (SSSR count). The second-order valence-corrected chi connectivity index (χ2v) is 11.1. The second-order valence-electron chi connectivity index (χ2n) is 10.0. The van der Waals surface area contributed by atoms with Crippen molar-refractivity contribution in [3.63, 3.8) is 0 Å². The third-order valence-electron chi connectivity index (χ3n) is 6.64. The fourth-order valence-corrected chi connectivity index (χ4v) is 5.73. The van der Waals surface area contributed by atoms with Crippen LogP contribution in [0.15, 0.2) is 64.4 Å². The van der Waals surface area contributed by atoms with E-state index in [0.717, 1.165) is 24.8 Å². The standard InChI is InChI=1S/C30H33F3N4O5S/c1-19(38)35-13-3-2-4-14-41-22-9-5-20(6-10-22)15-36-28(39)24-17-37(29(40)26-25(34)18-43-27(24)26)16-21-7-11-23(12-8-21)42-30(31,32)33/h5-12,17,25H,2-4,13-16,18,34H2,1H3,(H,35,38)(H,36,39)/t25-/m0/s1. The number of benzene rings is 2. The first-order chi connectivity index (χ1) is 20.5. The van der Waals surface area contributed by atoms with Gasteiger partial charge in [0.2, 0.25) is 5.91 Å². The van der Waals surface area contributed by atoms with Gasteiger partial charge in [-0.15, -0.1) is 24.9 Å². The number of pyridine rings is 1. The molecule has 3 aromatic rings. The van der Waals surface area contributed by atoms with Crippen molar-refractivity contribution >= 4 is 23.6 Å². The average molecular weight is 619 g/mol. The van der Waals surface area contributed by atoms with E-state index in [4.69, 9.17) is 10.5 Å². The van der Waals surface area contributed by atoms with Crippen molar-refractivity contribution in [2.45, 2.75) is 56.6 Å². The minimum absolute atomic E-state index is 0.0331. The summed E-state index contributed by atoms with van der Waals surface area (Å²) in [6, 6.07) is 12.0. The van der Waals surface area contributed by atoms with Gasteiger partial charge in [0.25, 0.3) is 11.5 Å². The van der Waals surface area contributed by atoms with Gasteiger partial charge in [-0.25, -0.2) is 0 Å². The molecule has 0 bridgehead atoms. The number of rotatable bonds is 13. The van der Waals surface area contributed by atoms with Gasteiger partial charge < -0.3 is 30.4 Å². The summed E-state index contributed by atoms with van der Waals surface area (Å²) in [6.07, 6.45) is -0.645. The molecule has 9 nitrogen and oxygen atoms in total. The van der Waals surface area contributed by atoms with Crippen molar-refractivity contribution in [2.75, 3.05) is 18.9 Å². The highest BCUT2D eigenvalue weighted by atomic mass is 32.2. The van der Waals surface area contributed by atoms with E-state index >= 15 is 0 Å². The van der Waals surface area contributed by atoms with Crippen LogP contribution < -0.4 is 31.4 Å². The number of thioether (sulfide) groups is 1. The molecule has 0 spiro atoms. The maximum Gasteiger partial charge on any atom is 0.573 e. The molecule has 1 aliphatic heterocycles. The molecule has 1 aliphatic rings. The highest BCUT2D eigenvalue weighted by molar-refractivity contribution is 7.99. The molecule has 0 saturated heterocycles. The third kappa shape index (κ3) is 9.26. The lowest BCUT2D eigenvalue weighted by atomic mass is 10.1. The lowest BCUT2D eigenvalue weighted by Gasteiger charge is -2.15. The summed E-state index contributed by atoms with van der Waals surface area (Å²) in [5.41, 5.74) is 7.92. The molecule has 1 atom stereocenters. The Morgan fingerprint density at radius 1 is 1.00 bits per heavy atom. The molecule has 0 radical (unpaired) electrons. The number of ether oxygens (including phenoxy) is 2. The van der Waals surface area contributed by atoms with Crippen LogP contribution in [0, 0.1) is 0 Å². The molecule has 0 fully saturated rings. The predicted octanol–water partition coefficient (Wildman–Crippen LogP) is 4.52. The molecule has 43 heavy (non-hydrogen) atoms. The largest absolute Gasteiger partial charge is 0.573 e. The lowest BCUT2D eigenvalue weighted by molar-refractivity contribution is -0.274. The number of alkyl halides is 3. The van der Waals surface area contributed by atoms with Crippen LogP contribution in [0.2, 0.25) is 0 Å². The van der Waals surface area contributed by atoms with Crippen molar-refractivity contribution in [3.05, 3.63) is 87.3 Å². The summed E-state index contributed by atoms with van der Waals surface area (Å²) in [4.78, 5) is 37.9. The van der Waals surface area contributed by atoms with Crippen LogP contribution in [0.1, 0.15) is 59.3 Å². The number of nitrogens with zero attached hydrogens (tertiary/aromatic N) is 1. The maximum atomic E-state index is 13.3. The normalized spacial score (nSPS) is 14.2. The molecule has 13 heteroatoms. The van der Waals surface area contributed by atoms with Crippen LogP contribution in [0.4, 0.5) is 13.2 Å². The van der Waals surface area contributed by atoms with Gasteiger partial charge in [-0.3, -0.25) is 14.4 Å². The lowest BCUT2D eigenvalue weighted by Crippen LogP contribution is -2.31. The zero-order chi connectivity index (χ0) is 31.0. The van der Waals surface area contributed by atoms with Crippen LogP contribution in [0.3, 0.4) is 0 Å². The van der Waals surface area contributed by atoms with Crippen molar-refractivity contribution < 1.29 is 32.2 Å². The molecule has 1 aromatic heterocycles. The number of carbonyl (C=O) groups excluding carboxylic acids is 2. The van der Waals surface area contributed by atoms with Crippen molar-refractivity contribution in [3.8, 4) is 11.5 Å². The van der Waals surface area contributed by atoms with Crippen molar-refractivity contribution in [1.82, 2.24) is 15.2 Å². The first kappa shape index (κ1) is 32.0. The van der Waals surface area contributed by atoms with Crippen molar-refractivity contribution in [1.29, 1.82) is 0 Å². The van der Waals surface area contributed by atoms with Gasteiger partial charge in [-0.1, -0.05) is 24.3 Å². The molecule has 0 unspecified atom stereocenters. The first-order valence-electron chi connectivity index (χ1n) is 13.7. The molecule has 0 saturated carbocycles. The molecule has 2 heterocycles. The number of halogens is 3. The zero-order valence-electron chi connectivity index (χ0n) is 23.5. The minimum atomic E-state index is -4.80. The van der Waals surface area contributed by atoms with Gasteiger partial charge in [0, 0.05) is 48.5 Å². The van der Waals surface area contributed by atoms with E-state index in [1.54, 1.807) is 0 Å². The number of carbonyl (C=O) groups is 2. The summed E-state index contributed by atoms with van der Waals surface area (Å²) >= 11 is 1.35. The van der Waals surface area contributed by atoms with Gasteiger partial charge in [0.05, 0.1) is 18.7 Å². The van der Waals surface area contributed by atoms with Crippen LogP contribution >= 0.6 is 11.8 Å². The Bertz CT molecular complexity index is 1480. The Balaban J connectivity index is 1.37. The van der Waals surface area contributed by atoms with Crippen LogP contribution in [0.5, 0.6) is 11.5 Å². The summed E-state index contributed by atoms with van der Waals surface area (Å²) in [5, 5.41) is 5.66. The molecule has 0 aliphatic carbocycles. The predicted molar refractivity (Wildman–Crippen MR) is 156 cm³/mol. The van der Waals surface area contributed by atoms with Gasteiger partial charge in [-0.05, 0) is 54.7 Å². The first-order valence-corrected chi connectivity index (χ1v) is 14.7. The monoisotopic (exact) mass is 618 g/mol. The highest BCUT2D eigenvalue weighted by Crippen LogP contribution is 2.37. The van der Waals surface area contributed by atoms with E-state index in [1.807, 2.05) is 24.3 Å². The van der Waals surface area contributed by atoms with E-state index < -0.39 is 12.4 Å². The molecule has 2 amide bonds. The Morgan fingerprint density at radius 3 is 2.35 bits per heavy atom. The molecule has 230 valence electrons. The number of aromatic nitrogens is 1. The summed E-state index contributed by atoms with van der Waals surface area (Å²) in [5.74, 6) is 0.389. The van der Waals surface area contributed by atoms with Gasteiger partial charge in [-0.2, -0.15) is 0 Å². The summed E-state index contributed by atoms with van der Waals surface area (Å²) in [6.45, 7) is 2.99. The second kappa shape index (κ2) is 14.5. The Labute approximate surface area is 250 Å². The number of unbranched alkanes of at least 4 members (excludes halogenated alkanes) is 2. The summed E-state index contributed by atoms with van der Waals surface area (Å²) < 4.78 is 48.5. The van der Waals surface area contributed by atoms with Gasteiger partial charge >= 0.3 is 6.36 Å². The number of amides is 2. The molecular formula is C30H33F3N4O5S. The third-order valence-corrected chi connectivity index (χ3v) is 7.89. The van der Waals surface area contributed by atoms with Crippen LogP contribution in [-0.4, -0.2) is 41.6 Å². The van der Waals surface area contributed by atoms with E-state index in [2.05, 4.69) is 15.4 Å². The van der Waals surface area contributed by atoms with E-state index in [0.29, 0.717) is 46.2 Å². The van der Waals surface area contributed by atoms with Crippen molar-refractivity contribution in [2.24, 2.45) is 5.73 Å². The highest BCUT2D eigenvalue weighted by Gasteiger charge is 2.31. The Kier molecular flexibility index (Phi) is 10.8.